The van der Waals surface area contributed by atoms with E-state index < -0.39 is 0 Å². The Morgan fingerprint density at radius 2 is 1.95 bits per heavy atom. The number of carbonyl (C=O) groups is 1. The molecule has 0 atom stereocenters. The van der Waals surface area contributed by atoms with Crippen LogP contribution in [0.15, 0.2) is 29.6 Å². The highest BCUT2D eigenvalue weighted by Crippen LogP contribution is 2.20. The van der Waals surface area contributed by atoms with E-state index in [1.807, 2.05) is 0 Å². The Balaban J connectivity index is 1.88. The van der Waals surface area contributed by atoms with Gasteiger partial charge < -0.3 is 10.6 Å². The summed E-state index contributed by atoms with van der Waals surface area (Å²) in [5.41, 5.74) is 3.13. The molecule has 0 fully saturated rings. The first-order valence-corrected chi connectivity index (χ1v) is 7.16. The zero-order valence-corrected chi connectivity index (χ0v) is 12.4. The number of aryl methyl sites for hydroxylation is 1. The summed E-state index contributed by atoms with van der Waals surface area (Å²) in [7, 11) is 0. The minimum absolute atomic E-state index is 0.217. The Kier molecular flexibility index (Phi) is 4.45. The lowest BCUT2D eigenvalue weighted by Gasteiger charge is -2.07. The molecule has 2 aromatic rings. The number of rotatable bonds is 3. The molecular formula is C14H15ClN2OS. The summed E-state index contributed by atoms with van der Waals surface area (Å²) in [5, 5.41) is 8.33. The summed E-state index contributed by atoms with van der Waals surface area (Å²) >= 11 is 7.48. The number of thiophene rings is 1. The molecule has 5 heteroatoms. The number of halogens is 1. The molecule has 0 aliphatic heterocycles. The van der Waals surface area contributed by atoms with Gasteiger partial charge in [-0.25, -0.2) is 4.79 Å². The second-order valence-electron chi connectivity index (χ2n) is 4.26. The van der Waals surface area contributed by atoms with Crippen molar-refractivity contribution in [3.05, 3.63) is 50.7 Å². The quantitative estimate of drug-likeness (QED) is 0.868. The number of hydrogen-bond donors (Lipinski definition) is 2. The molecule has 0 saturated carbocycles. The minimum Gasteiger partial charge on any atom is -0.334 e. The zero-order chi connectivity index (χ0) is 13.8. The van der Waals surface area contributed by atoms with Gasteiger partial charge in [-0.05, 0) is 54.6 Å². The van der Waals surface area contributed by atoms with Gasteiger partial charge in [-0.2, -0.15) is 0 Å². The van der Waals surface area contributed by atoms with Gasteiger partial charge in [0.15, 0.2) is 0 Å². The van der Waals surface area contributed by atoms with Crippen LogP contribution < -0.4 is 10.6 Å². The van der Waals surface area contributed by atoms with E-state index in [1.165, 1.54) is 10.4 Å². The summed E-state index contributed by atoms with van der Waals surface area (Å²) in [6.07, 6.45) is 0. The fourth-order valence-electron chi connectivity index (χ4n) is 1.62. The molecule has 0 unspecified atom stereocenters. The summed E-state index contributed by atoms with van der Waals surface area (Å²) in [4.78, 5) is 13.0. The van der Waals surface area contributed by atoms with Crippen LogP contribution in [0.1, 0.15) is 16.0 Å². The molecule has 1 aromatic carbocycles. The van der Waals surface area contributed by atoms with E-state index in [4.69, 9.17) is 11.6 Å². The fraction of sp³-hybridized carbons (Fsp3) is 0.214. The lowest BCUT2D eigenvalue weighted by molar-refractivity contribution is 0.251. The molecule has 2 amide bonds. The maximum atomic E-state index is 11.7. The second kappa shape index (κ2) is 6.08. The van der Waals surface area contributed by atoms with E-state index in [0.29, 0.717) is 11.6 Å². The molecule has 0 aliphatic rings. The Hall–Kier alpha value is -1.52. The van der Waals surface area contributed by atoms with E-state index in [9.17, 15) is 4.79 Å². The first-order chi connectivity index (χ1) is 9.06. The normalized spacial score (nSPS) is 10.3. The summed E-state index contributed by atoms with van der Waals surface area (Å²) in [6, 6.07) is 6.79. The maximum absolute atomic E-state index is 11.7. The van der Waals surface area contributed by atoms with E-state index in [-0.39, 0.29) is 6.03 Å². The molecular weight excluding hydrogens is 280 g/mol. The van der Waals surface area contributed by atoms with Crippen molar-refractivity contribution < 1.29 is 4.79 Å². The topological polar surface area (TPSA) is 41.1 Å². The molecule has 0 bridgehead atoms. The van der Waals surface area contributed by atoms with Crippen LogP contribution >= 0.6 is 22.9 Å². The van der Waals surface area contributed by atoms with Crippen molar-refractivity contribution in [1.29, 1.82) is 0 Å². The standard InChI is InChI=1S/C14H15ClN2OS/c1-9-10(2)19-8-11(9)7-16-14(18)17-13-5-3-12(15)4-6-13/h3-6,8H,7H2,1-2H3,(H2,16,17,18). The number of anilines is 1. The number of hydrogen-bond acceptors (Lipinski definition) is 2. The van der Waals surface area contributed by atoms with Crippen LogP contribution in [0.3, 0.4) is 0 Å². The van der Waals surface area contributed by atoms with Gasteiger partial charge in [-0.15, -0.1) is 11.3 Å². The Labute approximate surface area is 121 Å². The predicted molar refractivity (Wildman–Crippen MR) is 81.1 cm³/mol. The third-order valence-electron chi connectivity index (χ3n) is 2.93. The summed E-state index contributed by atoms with van der Waals surface area (Å²) < 4.78 is 0. The number of nitrogens with one attached hydrogen (secondary N) is 2. The van der Waals surface area contributed by atoms with E-state index in [2.05, 4.69) is 29.9 Å². The molecule has 0 spiro atoms. The minimum atomic E-state index is -0.217. The zero-order valence-electron chi connectivity index (χ0n) is 10.8. The van der Waals surface area contributed by atoms with E-state index in [1.54, 1.807) is 35.6 Å². The van der Waals surface area contributed by atoms with E-state index in [0.717, 1.165) is 11.3 Å². The maximum Gasteiger partial charge on any atom is 0.319 e. The SMILES string of the molecule is Cc1scc(CNC(=O)Nc2ccc(Cl)cc2)c1C. The van der Waals surface area contributed by atoms with Crippen molar-refractivity contribution in [2.24, 2.45) is 0 Å². The van der Waals surface area contributed by atoms with Gasteiger partial charge in [-0.3, -0.25) is 0 Å². The lowest BCUT2D eigenvalue weighted by atomic mass is 10.2. The first-order valence-electron chi connectivity index (χ1n) is 5.90. The molecule has 0 saturated heterocycles. The highest BCUT2D eigenvalue weighted by Gasteiger charge is 2.06. The van der Waals surface area contributed by atoms with Gasteiger partial charge in [0, 0.05) is 22.1 Å². The van der Waals surface area contributed by atoms with Gasteiger partial charge in [-0.1, -0.05) is 11.6 Å². The molecule has 1 aromatic heterocycles. The van der Waals surface area contributed by atoms with Crippen molar-refractivity contribution in [3.63, 3.8) is 0 Å². The lowest BCUT2D eigenvalue weighted by Crippen LogP contribution is -2.28. The van der Waals surface area contributed by atoms with Crippen molar-refractivity contribution >= 4 is 34.7 Å². The van der Waals surface area contributed by atoms with Crippen LogP contribution in [-0.4, -0.2) is 6.03 Å². The number of benzene rings is 1. The molecule has 19 heavy (non-hydrogen) atoms. The number of urea groups is 1. The fourth-order valence-corrected chi connectivity index (χ4v) is 2.63. The Bertz CT molecular complexity index is 578. The molecule has 0 aliphatic carbocycles. The largest absolute Gasteiger partial charge is 0.334 e. The van der Waals surface area contributed by atoms with Gasteiger partial charge in [0.2, 0.25) is 0 Å². The van der Waals surface area contributed by atoms with Crippen LogP contribution in [-0.2, 0) is 6.54 Å². The molecule has 0 radical (unpaired) electrons. The smallest absolute Gasteiger partial charge is 0.319 e. The van der Waals surface area contributed by atoms with Crippen molar-refractivity contribution in [1.82, 2.24) is 5.32 Å². The van der Waals surface area contributed by atoms with Crippen LogP contribution in [0.2, 0.25) is 5.02 Å². The Morgan fingerprint density at radius 3 is 2.53 bits per heavy atom. The molecule has 2 N–H and O–H groups in total. The van der Waals surface area contributed by atoms with Gasteiger partial charge >= 0.3 is 6.03 Å². The highest BCUT2D eigenvalue weighted by atomic mass is 35.5. The van der Waals surface area contributed by atoms with Gasteiger partial charge in [0.25, 0.3) is 0 Å². The predicted octanol–water partition coefficient (Wildman–Crippen LogP) is 4.34. The van der Waals surface area contributed by atoms with E-state index >= 15 is 0 Å². The third-order valence-corrected chi connectivity index (χ3v) is 4.24. The van der Waals surface area contributed by atoms with Gasteiger partial charge in [0.1, 0.15) is 0 Å². The molecule has 2 rings (SSSR count). The van der Waals surface area contributed by atoms with Crippen LogP contribution in [0.25, 0.3) is 0 Å². The number of carbonyl (C=O) groups excluding carboxylic acids is 1. The second-order valence-corrected chi connectivity index (χ2v) is 5.78. The average molecular weight is 295 g/mol. The molecule has 1 heterocycles. The highest BCUT2D eigenvalue weighted by molar-refractivity contribution is 7.10. The Morgan fingerprint density at radius 1 is 1.26 bits per heavy atom. The monoisotopic (exact) mass is 294 g/mol. The number of amides is 2. The van der Waals surface area contributed by atoms with Gasteiger partial charge in [0.05, 0.1) is 0 Å². The average Bonchev–Trinajstić information content (AvgIpc) is 2.70. The third kappa shape index (κ3) is 3.72. The molecule has 100 valence electrons. The first kappa shape index (κ1) is 13.9. The van der Waals surface area contributed by atoms with Crippen molar-refractivity contribution in [3.8, 4) is 0 Å². The van der Waals surface area contributed by atoms with Crippen LogP contribution in [0.5, 0.6) is 0 Å². The van der Waals surface area contributed by atoms with Crippen LogP contribution in [0, 0.1) is 13.8 Å². The van der Waals surface area contributed by atoms with Crippen LogP contribution in [0.4, 0.5) is 10.5 Å². The molecule has 3 nitrogen and oxygen atoms in total. The summed E-state index contributed by atoms with van der Waals surface area (Å²) in [6.45, 7) is 4.69. The van der Waals surface area contributed by atoms with Crippen molar-refractivity contribution in [2.75, 3.05) is 5.32 Å². The van der Waals surface area contributed by atoms with Crippen molar-refractivity contribution in [2.45, 2.75) is 20.4 Å². The summed E-state index contributed by atoms with van der Waals surface area (Å²) in [5.74, 6) is 0.